The fourth-order valence-electron chi connectivity index (χ4n) is 7.14. The van der Waals surface area contributed by atoms with E-state index in [0.29, 0.717) is 19.3 Å². The molecular formula is C36H39NO6. The fourth-order valence-corrected chi connectivity index (χ4v) is 7.14. The summed E-state index contributed by atoms with van der Waals surface area (Å²) in [6.07, 6.45) is 0.601. The first-order valence-corrected chi connectivity index (χ1v) is 15.1. The second-order valence-electron chi connectivity index (χ2n) is 13.5. The lowest BCUT2D eigenvalue weighted by molar-refractivity contribution is -0.240. The zero-order valence-electron chi connectivity index (χ0n) is 25.2. The molecule has 4 aliphatic rings. The van der Waals surface area contributed by atoms with Gasteiger partial charge in [0.05, 0.1) is 5.41 Å². The molecule has 3 fully saturated rings. The predicted molar refractivity (Wildman–Crippen MR) is 162 cm³/mol. The zero-order chi connectivity index (χ0) is 30.4. The molecule has 0 aromatic heterocycles. The van der Waals surface area contributed by atoms with E-state index in [1.165, 1.54) is 22.3 Å². The Morgan fingerprint density at radius 1 is 0.860 bits per heavy atom. The first-order chi connectivity index (χ1) is 20.5. The monoisotopic (exact) mass is 581 g/mol. The molecule has 0 saturated heterocycles. The van der Waals surface area contributed by atoms with E-state index in [-0.39, 0.29) is 36.4 Å². The van der Waals surface area contributed by atoms with Crippen LogP contribution in [0, 0.1) is 10.8 Å². The number of carbonyl (C=O) groups is 3. The molecule has 1 N–H and O–H groups in total. The average molecular weight is 582 g/mol. The van der Waals surface area contributed by atoms with Gasteiger partial charge in [0.25, 0.3) is 0 Å². The molecule has 1 amide bonds. The topological polar surface area (TPSA) is 90.9 Å². The smallest absolute Gasteiger partial charge is 0.407 e. The van der Waals surface area contributed by atoms with Crippen molar-refractivity contribution in [3.63, 3.8) is 0 Å². The number of alkyl carbamates (subject to hydrolysis) is 1. The van der Waals surface area contributed by atoms with E-state index in [4.69, 9.17) is 14.2 Å². The average Bonchev–Trinajstić information content (AvgIpc) is 3.23. The number of esters is 2. The summed E-state index contributed by atoms with van der Waals surface area (Å²) < 4.78 is 17.2. The van der Waals surface area contributed by atoms with Gasteiger partial charge in [-0.3, -0.25) is 4.79 Å². The Hall–Kier alpha value is -4.13. The summed E-state index contributed by atoms with van der Waals surface area (Å²) in [5, 5.41) is 3.02. The van der Waals surface area contributed by atoms with Crippen LogP contribution in [-0.2, 0) is 30.2 Å². The highest BCUT2D eigenvalue weighted by Crippen LogP contribution is 2.75. The number of hydrogen-bond donors (Lipinski definition) is 1. The predicted octanol–water partition coefficient (Wildman–Crippen LogP) is 6.58. The Morgan fingerprint density at radius 3 is 2.00 bits per heavy atom. The Labute approximate surface area is 252 Å². The van der Waals surface area contributed by atoms with Crippen LogP contribution >= 0.6 is 0 Å². The van der Waals surface area contributed by atoms with Crippen LogP contribution in [0.1, 0.15) is 69.6 Å². The molecule has 0 aliphatic heterocycles. The van der Waals surface area contributed by atoms with Gasteiger partial charge in [0.15, 0.2) is 0 Å². The van der Waals surface area contributed by atoms with Crippen molar-refractivity contribution < 1.29 is 28.6 Å². The maximum absolute atomic E-state index is 13.4. The second kappa shape index (κ2) is 10.9. The lowest BCUT2D eigenvalue weighted by Gasteiger charge is -2.70. The van der Waals surface area contributed by atoms with Gasteiger partial charge < -0.3 is 19.5 Å². The molecule has 4 aliphatic carbocycles. The number of fused-ring (bicyclic) bond motifs is 3. The Morgan fingerprint density at radius 2 is 1.42 bits per heavy atom. The third-order valence-electron chi connectivity index (χ3n) is 9.28. The van der Waals surface area contributed by atoms with E-state index in [9.17, 15) is 14.4 Å². The van der Waals surface area contributed by atoms with Crippen LogP contribution in [0.15, 0.2) is 78.9 Å². The van der Waals surface area contributed by atoms with Crippen LogP contribution in [0.4, 0.5) is 4.79 Å². The number of rotatable bonds is 9. The van der Waals surface area contributed by atoms with Gasteiger partial charge >= 0.3 is 18.0 Å². The van der Waals surface area contributed by atoms with Crippen LogP contribution in [0.2, 0.25) is 0 Å². The van der Waals surface area contributed by atoms with E-state index in [1.807, 2.05) is 61.5 Å². The minimum absolute atomic E-state index is 0.00440. The van der Waals surface area contributed by atoms with Crippen LogP contribution in [-0.4, -0.2) is 42.4 Å². The minimum atomic E-state index is -1.02. The summed E-state index contributed by atoms with van der Waals surface area (Å²) in [5.41, 5.74) is 4.11. The maximum Gasteiger partial charge on any atom is 0.407 e. The normalized spacial score (nSPS) is 23.0. The van der Waals surface area contributed by atoms with Crippen molar-refractivity contribution in [2.24, 2.45) is 10.8 Å². The zero-order valence-corrected chi connectivity index (χ0v) is 25.2. The summed E-state index contributed by atoms with van der Waals surface area (Å²) in [6.45, 7) is 7.60. The molecule has 7 rings (SSSR count). The van der Waals surface area contributed by atoms with Gasteiger partial charge in [0.2, 0.25) is 6.10 Å². The Balaban J connectivity index is 1.03. The first-order valence-electron chi connectivity index (χ1n) is 15.1. The molecule has 2 atom stereocenters. The lowest BCUT2D eigenvalue weighted by Crippen LogP contribution is -2.72. The van der Waals surface area contributed by atoms with E-state index in [2.05, 4.69) is 29.6 Å². The van der Waals surface area contributed by atoms with Gasteiger partial charge in [-0.1, -0.05) is 78.9 Å². The number of nitrogens with one attached hydrogen (secondary N) is 1. The molecule has 3 aromatic carbocycles. The van der Waals surface area contributed by atoms with Crippen LogP contribution < -0.4 is 5.32 Å². The lowest BCUT2D eigenvalue weighted by atomic mass is 9.33. The first kappa shape index (κ1) is 29.0. The minimum Gasteiger partial charge on any atom is -0.457 e. The number of benzene rings is 3. The van der Waals surface area contributed by atoms with Crippen molar-refractivity contribution in [3.05, 3.63) is 95.6 Å². The second-order valence-corrected chi connectivity index (χ2v) is 13.5. The summed E-state index contributed by atoms with van der Waals surface area (Å²) in [7, 11) is 0. The fraction of sp³-hybridized carbons (Fsp3) is 0.417. The summed E-state index contributed by atoms with van der Waals surface area (Å²) in [4.78, 5) is 39.2. The van der Waals surface area contributed by atoms with Crippen molar-refractivity contribution in [1.29, 1.82) is 0 Å². The molecule has 1 unspecified atom stereocenters. The van der Waals surface area contributed by atoms with Crippen LogP contribution in [0.5, 0.6) is 0 Å². The largest absolute Gasteiger partial charge is 0.457 e. The van der Waals surface area contributed by atoms with Crippen molar-refractivity contribution in [1.82, 2.24) is 5.32 Å². The highest BCUT2D eigenvalue weighted by atomic mass is 16.6. The van der Waals surface area contributed by atoms with Crippen LogP contribution in [0.3, 0.4) is 0 Å². The Bertz CT molecular complexity index is 1480. The van der Waals surface area contributed by atoms with Gasteiger partial charge in [-0.2, -0.15) is 0 Å². The third kappa shape index (κ3) is 5.53. The molecule has 3 aromatic rings. The van der Waals surface area contributed by atoms with Gasteiger partial charge in [-0.25, -0.2) is 9.59 Å². The maximum atomic E-state index is 13.4. The number of hydrogen-bond acceptors (Lipinski definition) is 6. The van der Waals surface area contributed by atoms with Crippen molar-refractivity contribution in [3.8, 4) is 11.1 Å². The number of carbonyl (C=O) groups excluding carboxylic acids is 3. The molecule has 3 saturated carbocycles. The molecule has 43 heavy (non-hydrogen) atoms. The molecule has 2 bridgehead atoms. The standard InChI is InChI=1S/C36H39NO6/c1-23(37-33(40)41-19-29-27-16-10-8-14-25(27)26-15-9-11-17-28(26)29)35-20-36(21-35,22-35)32(39)42-30(31(38)43-34(2,3)4)18-24-12-6-5-7-13-24/h5-17,23,29-30H,18-22H2,1-4H3,(H,37,40)/t23-,30?,35?,36?/m0/s1. The highest BCUT2D eigenvalue weighted by Gasteiger charge is 2.74. The molecule has 0 heterocycles. The van der Waals surface area contributed by atoms with Crippen molar-refractivity contribution in [2.75, 3.05) is 6.61 Å². The van der Waals surface area contributed by atoms with Gasteiger partial charge in [0, 0.05) is 18.4 Å². The molecule has 224 valence electrons. The van der Waals surface area contributed by atoms with E-state index >= 15 is 0 Å². The number of amides is 1. The Kier molecular flexibility index (Phi) is 7.31. The molecular weight excluding hydrogens is 542 g/mol. The molecule has 0 spiro atoms. The van der Waals surface area contributed by atoms with Crippen molar-refractivity contribution in [2.45, 2.75) is 77.0 Å². The van der Waals surface area contributed by atoms with E-state index < -0.39 is 29.2 Å². The van der Waals surface area contributed by atoms with E-state index in [0.717, 1.165) is 5.56 Å². The highest BCUT2D eigenvalue weighted by molar-refractivity contribution is 5.85. The quantitative estimate of drug-likeness (QED) is 0.227. The SMILES string of the molecule is C[C@H](NC(=O)OCC1c2ccccc2-c2ccccc21)C12CC(C(=O)OC(Cc3ccccc3)C(=O)OC(C)(C)C)(C1)C2. The van der Waals surface area contributed by atoms with Gasteiger partial charge in [-0.05, 0) is 80.2 Å². The summed E-state index contributed by atoms with van der Waals surface area (Å²) in [6, 6.07) is 25.8. The molecule has 7 nitrogen and oxygen atoms in total. The third-order valence-corrected chi connectivity index (χ3v) is 9.28. The summed E-state index contributed by atoms with van der Waals surface area (Å²) in [5.74, 6) is -0.916. The summed E-state index contributed by atoms with van der Waals surface area (Å²) >= 11 is 0. The molecule has 7 heteroatoms. The van der Waals surface area contributed by atoms with Gasteiger partial charge in [0.1, 0.15) is 12.2 Å². The van der Waals surface area contributed by atoms with E-state index in [1.54, 1.807) is 20.8 Å². The van der Waals surface area contributed by atoms with Crippen molar-refractivity contribution >= 4 is 18.0 Å². The molecule has 0 radical (unpaired) electrons. The van der Waals surface area contributed by atoms with Crippen LogP contribution in [0.25, 0.3) is 11.1 Å². The number of ether oxygens (including phenoxy) is 3. The van der Waals surface area contributed by atoms with Gasteiger partial charge in [-0.15, -0.1) is 0 Å².